The van der Waals surface area contributed by atoms with Gasteiger partial charge in [-0.25, -0.2) is 8.42 Å². The number of carbonyl (C=O) groups is 1. The smallest absolute Gasteiger partial charge is 0.248 e. The third kappa shape index (κ3) is 5.83. The van der Waals surface area contributed by atoms with Gasteiger partial charge in [0, 0.05) is 5.69 Å². The summed E-state index contributed by atoms with van der Waals surface area (Å²) in [6.45, 7) is 5.86. The molecule has 0 spiro atoms. The second kappa shape index (κ2) is 9.73. The zero-order chi connectivity index (χ0) is 20.7. The van der Waals surface area contributed by atoms with Crippen LogP contribution < -0.4 is 9.62 Å². The van der Waals surface area contributed by atoms with Crippen LogP contribution in [-0.2, 0) is 21.2 Å². The van der Waals surface area contributed by atoms with E-state index in [9.17, 15) is 13.2 Å². The van der Waals surface area contributed by atoms with Gasteiger partial charge in [0.25, 0.3) is 0 Å². The summed E-state index contributed by atoms with van der Waals surface area (Å²) in [5, 5.41) is 2.87. The summed E-state index contributed by atoms with van der Waals surface area (Å²) in [7, 11) is -3.63. The number of hydrogen-bond acceptors (Lipinski definition) is 3. The average molecular weight is 403 g/mol. The van der Waals surface area contributed by atoms with Gasteiger partial charge in [-0.15, -0.1) is 0 Å². The van der Waals surface area contributed by atoms with Crippen molar-refractivity contribution in [3.63, 3.8) is 0 Å². The first kappa shape index (κ1) is 22.0. The van der Waals surface area contributed by atoms with E-state index in [1.165, 1.54) is 9.87 Å². The number of unbranched alkanes of at least 4 members (excludes halogenated alkanes) is 1. The van der Waals surface area contributed by atoms with Gasteiger partial charge in [-0.05, 0) is 61.6 Å². The van der Waals surface area contributed by atoms with Gasteiger partial charge >= 0.3 is 0 Å². The fourth-order valence-corrected chi connectivity index (χ4v) is 4.39. The van der Waals surface area contributed by atoms with Crippen LogP contribution in [0.3, 0.4) is 0 Å². The van der Waals surface area contributed by atoms with Gasteiger partial charge in [0.15, 0.2) is 0 Å². The molecular formula is C22H30N2O3S. The topological polar surface area (TPSA) is 66.5 Å². The van der Waals surface area contributed by atoms with Gasteiger partial charge in [-0.2, -0.15) is 0 Å². The number of nitrogens with zero attached hydrogens (tertiary/aromatic N) is 1. The predicted octanol–water partition coefficient (Wildman–Crippen LogP) is 4.52. The number of nitrogens with one attached hydrogen (secondary N) is 1. The Labute approximate surface area is 168 Å². The summed E-state index contributed by atoms with van der Waals surface area (Å²) < 4.78 is 26.2. The van der Waals surface area contributed by atoms with E-state index in [2.05, 4.69) is 12.2 Å². The van der Waals surface area contributed by atoms with Gasteiger partial charge < -0.3 is 5.32 Å². The van der Waals surface area contributed by atoms with Crippen LogP contribution in [0.4, 0.5) is 11.4 Å². The molecule has 1 unspecified atom stereocenters. The van der Waals surface area contributed by atoms with Gasteiger partial charge in [0.1, 0.15) is 6.04 Å². The minimum absolute atomic E-state index is 0.337. The third-order valence-corrected chi connectivity index (χ3v) is 5.81. The highest BCUT2D eigenvalue weighted by atomic mass is 32.2. The number of anilines is 2. The fourth-order valence-electron chi connectivity index (χ4n) is 3.19. The molecule has 0 saturated heterocycles. The highest BCUT2D eigenvalue weighted by Gasteiger charge is 2.31. The lowest BCUT2D eigenvalue weighted by Crippen LogP contribution is -2.47. The molecular weight excluding hydrogens is 372 g/mol. The molecule has 5 nitrogen and oxygen atoms in total. The van der Waals surface area contributed by atoms with E-state index in [-0.39, 0.29) is 5.91 Å². The van der Waals surface area contributed by atoms with Crippen LogP contribution >= 0.6 is 0 Å². The SMILES string of the molecule is CCCCc1ccc(NC(=O)C(CC)N(c2cccc(C)c2)S(C)(=O)=O)cc1. The zero-order valence-corrected chi connectivity index (χ0v) is 17.9. The number of benzene rings is 2. The minimum atomic E-state index is -3.63. The maximum Gasteiger partial charge on any atom is 0.248 e. The number of sulfonamides is 1. The summed E-state index contributed by atoms with van der Waals surface area (Å²) in [5.74, 6) is -0.337. The number of rotatable bonds is 9. The van der Waals surface area contributed by atoms with E-state index in [0.29, 0.717) is 17.8 Å². The Hall–Kier alpha value is -2.34. The molecule has 2 aromatic carbocycles. The molecule has 2 rings (SSSR count). The van der Waals surface area contributed by atoms with Crippen LogP contribution in [0.5, 0.6) is 0 Å². The van der Waals surface area contributed by atoms with Crippen LogP contribution in [-0.4, -0.2) is 26.6 Å². The quantitative estimate of drug-likeness (QED) is 0.670. The molecule has 0 heterocycles. The van der Waals surface area contributed by atoms with Gasteiger partial charge in [0.2, 0.25) is 15.9 Å². The average Bonchev–Trinajstić information content (AvgIpc) is 2.64. The van der Waals surface area contributed by atoms with Crippen LogP contribution in [0.2, 0.25) is 0 Å². The molecule has 0 aliphatic heterocycles. The Balaban J connectivity index is 2.24. The van der Waals surface area contributed by atoms with Crippen LogP contribution in [0.1, 0.15) is 44.2 Å². The molecule has 2 aromatic rings. The van der Waals surface area contributed by atoms with Crippen molar-refractivity contribution in [2.45, 2.75) is 52.5 Å². The maximum atomic E-state index is 12.9. The summed E-state index contributed by atoms with van der Waals surface area (Å²) >= 11 is 0. The van der Waals surface area contributed by atoms with Crippen molar-refractivity contribution >= 4 is 27.3 Å². The summed E-state index contributed by atoms with van der Waals surface area (Å²) in [6.07, 6.45) is 4.77. The van der Waals surface area contributed by atoms with E-state index in [0.717, 1.165) is 31.1 Å². The van der Waals surface area contributed by atoms with Crippen molar-refractivity contribution in [1.82, 2.24) is 0 Å². The Morgan fingerprint density at radius 2 is 1.79 bits per heavy atom. The second-order valence-electron chi connectivity index (χ2n) is 7.11. The molecule has 0 bridgehead atoms. The van der Waals surface area contributed by atoms with Gasteiger partial charge in [-0.3, -0.25) is 9.10 Å². The molecule has 6 heteroatoms. The standard InChI is InChI=1S/C22H30N2O3S/c1-5-7-10-18-12-14-19(15-13-18)23-22(25)21(6-2)24(28(4,26)27)20-11-8-9-17(3)16-20/h8-9,11-16,21H,5-7,10H2,1-4H3,(H,23,25). The van der Waals surface area contributed by atoms with Crippen molar-refractivity contribution in [1.29, 1.82) is 0 Å². The van der Waals surface area contributed by atoms with Crippen molar-refractivity contribution in [3.05, 3.63) is 59.7 Å². The van der Waals surface area contributed by atoms with Crippen LogP contribution in [0.15, 0.2) is 48.5 Å². The Morgan fingerprint density at radius 1 is 1.11 bits per heavy atom. The lowest BCUT2D eigenvalue weighted by Gasteiger charge is -2.30. The van der Waals surface area contributed by atoms with Crippen LogP contribution in [0.25, 0.3) is 0 Å². The fraction of sp³-hybridized carbons (Fsp3) is 0.409. The number of hydrogen-bond donors (Lipinski definition) is 1. The first-order chi connectivity index (χ1) is 13.3. The van der Waals surface area contributed by atoms with Crippen molar-refractivity contribution in [2.75, 3.05) is 15.9 Å². The minimum Gasteiger partial charge on any atom is -0.324 e. The lowest BCUT2D eigenvalue weighted by atomic mass is 10.1. The number of aryl methyl sites for hydroxylation is 2. The van der Waals surface area contributed by atoms with E-state index >= 15 is 0 Å². The van der Waals surface area contributed by atoms with E-state index in [1.807, 2.05) is 44.2 Å². The highest BCUT2D eigenvalue weighted by molar-refractivity contribution is 7.92. The first-order valence-corrected chi connectivity index (χ1v) is 11.6. The summed E-state index contributed by atoms with van der Waals surface area (Å²) in [5.41, 5.74) is 3.33. The first-order valence-electron chi connectivity index (χ1n) is 9.72. The molecule has 1 amide bonds. The Bertz CT molecular complexity index is 892. The van der Waals surface area contributed by atoms with Gasteiger partial charge in [0.05, 0.1) is 11.9 Å². The van der Waals surface area contributed by atoms with E-state index in [1.54, 1.807) is 18.2 Å². The molecule has 0 aliphatic carbocycles. The van der Waals surface area contributed by atoms with Gasteiger partial charge in [-0.1, -0.05) is 44.5 Å². The van der Waals surface area contributed by atoms with Crippen molar-refractivity contribution in [2.24, 2.45) is 0 Å². The zero-order valence-electron chi connectivity index (χ0n) is 17.1. The lowest BCUT2D eigenvalue weighted by molar-refractivity contribution is -0.117. The van der Waals surface area contributed by atoms with Crippen molar-refractivity contribution < 1.29 is 13.2 Å². The highest BCUT2D eigenvalue weighted by Crippen LogP contribution is 2.24. The number of amides is 1. The predicted molar refractivity (Wildman–Crippen MR) is 116 cm³/mol. The molecule has 28 heavy (non-hydrogen) atoms. The Kier molecular flexibility index (Phi) is 7.63. The molecule has 0 fully saturated rings. The second-order valence-corrected chi connectivity index (χ2v) is 8.97. The summed E-state index contributed by atoms with van der Waals surface area (Å²) in [4.78, 5) is 12.9. The molecule has 0 aromatic heterocycles. The molecule has 0 saturated carbocycles. The van der Waals surface area contributed by atoms with E-state index in [4.69, 9.17) is 0 Å². The summed E-state index contributed by atoms with van der Waals surface area (Å²) in [6, 6.07) is 14.1. The largest absolute Gasteiger partial charge is 0.324 e. The maximum absolute atomic E-state index is 12.9. The monoisotopic (exact) mass is 402 g/mol. The third-order valence-electron chi connectivity index (χ3n) is 4.63. The normalized spacial score (nSPS) is 12.4. The molecule has 1 atom stereocenters. The van der Waals surface area contributed by atoms with Crippen molar-refractivity contribution in [3.8, 4) is 0 Å². The molecule has 0 radical (unpaired) electrons. The molecule has 0 aliphatic rings. The van der Waals surface area contributed by atoms with Crippen LogP contribution in [0, 0.1) is 6.92 Å². The number of carbonyl (C=O) groups excluding carboxylic acids is 1. The molecule has 152 valence electrons. The Morgan fingerprint density at radius 3 is 2.32 bits per heavy atom. The molecule has 1 N–H and O–H groups in total. The van der Waals surface area contributed by atoms with E-state index < -0.39 is 16.1 Å².